The van der Waals surface area contributed by atoms with E-state index in [0.717, 1.165) is 29.7 Å². The molecular weight excluding hydrogens is 465 g/mol. The molecule has 3 aromatic carbocycles. The summed E-state index contributed by atoms with van der Waals surface area (Å²) in [4.78, 5) is 2.04. The highest BCUT2D eigenvalue weighted by Gasteiger charge is 2.19. The highest BCUT2D eigenvalue weighted by atomic mass is 79.9. The summed E-state index contributed by atoms with van der Waals surface area (Å²) in [6, 6.07) is 18.2. The summed E-state index contributed by atoms with van der Waals surface area (Å²) in [6.45, 7) is 5.03. The average molecular weight is 491 g/mol. The van der Waals surface area contributed by atoms with E-state index < -0.39 is 0 Å². The third-order valence-electron chi connectivity index (χ3n) is 5.16. The predicted molar refractivity (Wildman–Crippen MR) is 127 cm³/mol. The van der Waals surface area contributed by atoms with Crippen LogP contribution >= 0.6 is 27.5 Å². The summed E-state index contributed by atoms with van der Waals surface area (Å²) in [6.07, 6.45) is 2.18. The molecule has 0 saturated carbocycles. The fourth-order valence-electron chi connectivity index (χ4n) is 3.44. The lowest BCUT2D eigenvalue weighted by Crippen LogP contribution is -2.23. The standard InChI is InChI=1S/C25H26BrClFNO/c1-4-5-18-6-8-19(9-7-18)15-29(16-20-10-12-21(30-3)13-11-20)23-14-22(26)24(27)17(2)25(23)28/h6-14H,4-5,15-16H2,1-3H3. The highest BCUT2D eigenvalue weighted by Crippen LogP contribution is 2.36. The van der Waals surface area contributed by atoms with Gasteiger partial charge in [-0.05, 0) is 64.2 Å². The van der Waals surface area contributed by atoms with Crippen LogP contribution in [0.5, 0.6) is 5.75 Å². The number of halogens is 3. The average Bonchev–Trinajstić information content (AvgIpc) is 2.76. The first kappa shape index (κ1) is 22.6. The zero-order chi connectivity index (χ0) is 21.7. The molecule has 3 rings (SSSR count). The second-order valence-electron chi connectivity index (χ2n) is 7.40. The molecule has 0 N–H and O–H groups in total. The quantitative estimate of drug-likeness (QED) is 0.300. The Morgan fingerprint density at radius 3 is 2.03 bits per heavy atom. The number of rotatable bonds is 8. The molecule has 2 nitrogen and oxygen atoms in total. The van der Waals surface area contributed by atoms with Crippen molar-refractivity contribution < 1.29 is 9.13 Å². The number of nitrogens with zero attached hydrogens (tertiary/aromatic N) is 1. The van der Waals surface area contributed by atoms with Crippen LogP contribution in [0.2, 0.25) is 5.02 Å². The molecule has 0 aliphatic heterocycles. The lowest BCUT2D eigenvalue weighted by molar-refractivity contribution is 0.414. The van der Waals surface area contributed by atoms with E-state index in [1.807, 2.05) is 29.2 Å². The van der Waals surface area contributed by atoms with Crippen molar-refractivity contribution >= 4 is 33.2 Å². The first-order chi connectivity index (χ1) is 14.4. The van der Waals surface area contributed by atoms with Crippen molar-refractivity contribution in [3.05, 3.63) is 92.2 Å². The first-order valence-electron chi connectivity index (χ1n) is 10.0. The van der Waals surface area contributed by atoms with Crippen molar-refractivity contribution in [3.63, 3.8) is 0 Å². The maximum absolute atomic E-state index is 15.2. The van der Waals surface area contributed by atoms with Crippen molar-refractivity contribution in [2.45, 2.75) is 39.8 Å². The molecule has 3 aromatic rings. The Labute approximate surface area is 191 Å². The molecule has 0 aromatic heterocycles. The van der Waals surface area contributed by atoms with Gasteiger partial charge in [0.05, 0.1) is 17.8 Å². The van der Waals surface area contributed by atoms with Gasteiger partial charge >= 0.3 is 0 Å². The summed E-state index contributed by atoms with van der Waals surface area (Å²) in [5, 5.41) is 0.407. The molecule has 0 aliphatic carbocycles. The summed E-state index contributed by atoms with van der Waals surface area (Å²) in [7, 11) is 1.65. The van der Waals surface area contributed by atoms with Gasteiger partial charge in [0.25, 0.3) is 0 Å². The minimum atomic E-state index is -0.292. The number of benzene rings is 3. The molecule has 0 amide bonds. The number of hydrogen-bond acceptors (Lipinski definition) is 2. The molecular formula is C25H26BrClFNO. The Bertz CT molecular complexity index is 990. The maximum Gasteiger partial charge on any atom is 0.150 e. The van der Waals surface area contributed by atoms with E-state index in [2.05, 4.69) is 47.1 Å². The highest BCUT2D eigenvalue weighted by molar-refractivity contribution is 9.10. The maximum atomic E-state index is 15.2. The molecule has 158 valence electrons. The predicted octanol–water partition coefficient (Wildman–Crippen LogP) is 7.72. The van der Waals surface area contributed by atoms with Crippen LogP contribution in [-0.4, -0.2) is 7.11 Å². The largest absolute Gasteiger partial charge is 0.497 e. The molecule has 5 heteroatoms. The van der Waals surface area contributed by atoms with Gasteiger partial charge < -0.3 is 9.64 Å². The van der Waals surface area contributed by atoms with E-state index in [1.54, 1.807) is 20.1 Å². The van der Waals surface area contributed by atoms with Crippen LogP contribution in [0.15, 0.2) is 59.1 Å². The van der Waals surface area contributed by atoms with Gasteiger partial charge in [-0.25, -0.2) is 4.39 Å². The normalized spacial score (nSPS) is 10.9. The SMILES string of the molecule is CCCc1ccc(CN(Cc2ccc(OC)cc2)c2cc(Br)c(Cl)c(C)c2F)cc1. The Kier molecular flexibility index (Phi) is 7.79. The van der Waals surface area contributed by atoms with E-state index in [9.17, 15) is 0 Å². The third kappa shape index (κ3) is 5.35. The van der Waals surface area contributed by atoms with Crippen molar-refractivity contribution in [1.29, 1.82) is 0 Å². The van der Waals surface area contributed by atoms with Gasteiger partial charge in [0.1, 0.15) is 5.75 Å². The number of methoxy groups -OCH3 is 1. The molecule has 0 radical (unpaired) electrons. The Morgan fingerprint density at radius 1 is 0.967 bits per heavy atom. The molecule has 0 unspecified atom stereocenters. The van der Waals surface area contributed by atoms with Crippen molar-refractivity contribution in [3.8, 4) is 5.75 Å². The lowest BCUT2D eigenvalue weighted by Gasteiger charge is -2.27. The molecule has 0 aliphatic rings. The second-order valence-corrected chi connectivity index (χ2v) is 8.63. The van der Waals surface area contributed by atoms with E-state index in [4.69, 9.17) is 16.3 Å². The van der Waals surface area contributed by atoms with Crippen LogP contribution in [-0.2, 0) is 19.5 Å². The van der Waals surface area contributed by atoms with Gasteiger partial charge in [-0.15, -0.1) is 0 Å². The molecule has 0 fully saturated rings. The Hall–Kier alpha value is -2.04. The minimum Gasteiger partial charge on any atom is -0.497 e. The molecule has 0 saturated heterocycles. The van der Waals surface area contributed by atoms with Crippen LogP contribution in [0.3, 0.4) is 0 Å². The van der Waals surface area contributed by atoms with E-state index in [1.165, 1.54) is 5.56 Å². The fourth-order valence-corrected chi connectivity index (χ4v) is 4.09. The Balaban J connectivity index is 1.95. The van der Waals surface area contributed by atoms with Crippen molar-refractivity contribution in [2.24, 2.45) is 0 Å². The van der Waals surface area contributed by atoms with Gasteiger partial charge in [0.2, 0.25) is 0 Å². The number of anilines is 1. The molecule has 0 atom stereocenters. The second kappa shape index (κ2) is 10.3. The fraction of sp³-hybridized carbons (Fsp3) is 0.280. The van der Waals surface area contributed by atoms with E-state index in [-0.39, 0.29) is 5.82 Å². The van der Waals surface area contributed by atoms with Gasteiger partial charge in [-0.3, -0.25) is 0 Å². The van der Waals surface area contributed by atoms with E-state index in [0.29, 0.717) is 33.8 Å². The third-order valence-corrected chi connectivity index (χ3v) is 6.51. The number of ether oxygens (including phenoxy) is 1. The van der Waals surface area contributed by atoms with Crippen molar-refractivity contribution in [2.75, 3.05) is 12.0 Å². The van der Waals surface area contributed by atoms with Crippen LogP contribution in [0, 0.1) is 12.7 Å². The summed E-state index contributed by atoms with van der Waals surface area (Å²) >= 11 is 9.72. The topological polar surface area (TPSA) is 12.5 Å². The van der Waals surface area contributed by atoms with E-state index >= 15 is 4.39 Å². The van der Waals surface area contributed by atoms with Crippen LogP contribution < -0.4 is 9.64 Å². The summed E-state index contributed by atoms with van der Waals surface area (Å²) < 4.78 is 21.2. The zero-order valence-electron chi connectivity index (χ0n) is 17.5. The number of aryl methyl sites for hydroxylation is 1. The molecule has 0 heterocycles. The van der Waals surface area contributed by atoms with Gasteiger partial charge in [0, 0.05) is 23.1 Å². The molecule has 0 spiro atoms. The summed E-state index contributed by atoms with van der Waals surface area (Å²) in [5.41, 5.74) is 4.49. The minimum absolute atomic E-state index is 0.292. The van der Waals surface area contributed by atoms with Crippen LogP contribution in [0.4, 0.5) is 10.1 Å². The zero-order valence-corrected chi connectivity index (χ0v) is 19.9. The Morgan fingerprint density at radius 2 is 1.50 bits per heavy atom. The van der Waals surface area contributed by atoms with Crippen LogP contribution in [0.25, 0.3) is 0 Å². The molecule has 0 bridgehead atoms. The summed E-state index contributed by atoms with van der Waals surface area (Å²) in [5.74, 6) is 0.507. The van der Waals surface area contributed by atoms with Gasteiger partial charge in [0.15, 0.2) is 5.82 Å². The van der Waals surface area contributed by atoms with Crippen molar-refractivity contribution in [1.82, 2.24) is 0 Å². The first-order valence-corrected chi connectivity index (χ1v) is 11.2. The van der Waals surface area contributed by atoms with Gasteiger partial charge in [-0.2, -0.15) is 0 Å². The van der Waals surface area contributed by atoms with Crippen LogP contribution in [0.1, 0.15) is 35.6 Å². The van der Waals surface area contributed by atoms with Gasteiger partial charge in [-0.1, -0.05) is 61.3 Å². The smallest absolute Gasteiger partial charge is 0.150 e. The molecule has 30 heavy (non-hydrogen) atoms. The lowest BCUT2D eigenvalue weighted by atomic mass is 10.1. The monoisotopic (exact) mass is 489 g/mol. The number of hydrogen-bond donors (Lipinski definition) is 0.